The minimum atomic E-state index is -0.625. The third-order valence-corrected chi connectivity index (χ3v) is 4.34. The van der Waals surface area contributed by atoms with E-state index >= 15 is 0 Å². The van der Waals surface area contributed by atoms with Crippen LogP contribution in [0.1, 0.15) is 29.8 Å². The Labute approximate surface area is 137 Å². The van der Waals surface area contributed by atoms with Gasteiger partial charge in [0.15, 0.2) is 11.5 Å². The number of aromatic nitrogens is 3. The first-order valence-electron chi connectivity index (χ1n) is 7.39. The van der Waals surface area contributed by atoms with Crippen LogP contribution in [0, 0.1) is 11.7 Å². The second-order valence-corrected chi connectivity index (χ2v) is 6.00. The predicted molar refractivity (Wildman–Crippen MR) is 82.0 cm³/mol. The molecule has 1 fully saturated rings. The molecule has 2 N–H and O–H groups in total. The Morgan fingerprint density at radius 2 is 2.30 bits per heavy atom. The van der Waals surface area contributed by atoms with E-state index in [0.29, 0.717) is 6.54 Å². The van der Waals surface area contributed by atoms with Crippen molar-refractivity contribution in [3.8, 4) is 5.69 Å². The molecule has 2 atom stereocenters. The highest BCUT2D eigenvalue weighted by Crippen LogP contribution is 2.24. The molecule has 0 spiro atoms. The van der Waals surface area contributed by atoms with Crippen LogP contribution in [0.2, 0.25) is 5.02 Å². The highest BCUT2D eigenvalue weighted by molar-refractivity contribution is 6.30. The van der Waals surface area contributed by atoms with Crippen LogP contribution in [-0.4, -0.2) is 38.7 Å². The van der Waals surface area contributed by atoms with E-state index in [1.807, 2.05) is 0 Å². The van der Waals surface area contributed by atoms with E-state index in [1.165, 1.54) is 23.0 Å². The lowest BCUT2D eigenvalue weighted by Gasteiger charge is -2.14. The van der Waals surface area contributed by atoms with Gasteiger partial charge in [0.2, 0.25) is 0 Å². The van der Waals surface area contributed by atoms with Crippen molar-refractivity contribution in [3.63, 3.8) is 0 Å². The molecule has 1 aromatic carbocycles. The number of aliphatic hydroxyl groups is 1. The summed E-state index contributed by atoms with van der Waals surface area (Å²) in [6.07, 6.45) is 3.60. The van der Waals surface area contributed by atoms with Gasteiger partial charge in [0, 0.05) is 12.5 Å². The van der Waals surface area contributed by atoms with Crippen molar-refractivity contribution in [1.82, 2.24) is 20.3 Å². The zero-order valence-electron chi connectivity index (χ0n) is 12.2. The van der Waals surface area contributed by atoms with Crippen LogP contribution >= 0.6 is 11.6 Å². The average Bonchev–Trinajstić information content (AvgIpc) is 3.17. The summed E-state index contributed by atoms with van der Waals surface area (Å²) in [7, 11) is 0. The van der Waals surface area contributed by atoms with Gasteiger partial charge in [-0.05, 0) is 25.0 Å². The molecule has 1 saturated carbocycles. The van der Waals surface area contributed by atoms with Gasteiger partial charge in [-0.1, -0.05) is 29.3 Å². The van der Waals surface area contributed by atoms with E-state index in [0.717, 1.165) is 19.3 Å². The first-order valence-corrected chi connectivity index (χ1v) is 7.77. The second-order valence-electron chi connectivity index (χ2n) is 5.59. The lowest BCUT2D eigenvalue weighted by atomic mass is 10.1. The monoisotopic (exact) mass is 338 g/mol. The zero-order valence-corrected chi connectivity index (χ0v) is 13.0. The highest BCUT2D eigenvalue weighted by Gasteiger charge is 2.26. The van der Waals surface area contributed by atoms with Crippen LogP contribution in [0.15, 0.2) is 24.4 Å². The summed E-state index contributed by atoms with van der Waals surface area (Å²) in [6, 6.07) is 4.51. The van der Waals surface area contributed by atoms with Crippen LogP contribution in [0.4, 0.5) is 4.39 Å². The Balaban J connectivity index is 1.69. The van der Waals surface area contributed by atoms with Gasteiger partial charge in [-0.15, -0.1) is 5.10 Å². The molecule has 0 radical (unpaired) electrons. The number of hydrogen-bond donors (Lipinski definition) is 2. The van der Waals surface area contributed by atoms with Crippen molar-refractivity contribution in [2.24, 2.45) is 5.92 Å². The molecule has 6 nitrogen and oxygen atoms in total. The number of halogens is 2. The van der Waals surface area contributed by atoms with Crippen molar-refractivity contribution >= 4 is 17.5 Å². The first kappa shape index (κ1) is 15.9. The van der Waals surface area contributed by atoms with E-state index < -0.39 is 11.7 Å². The van der Waals surface area contributed by atoms with E-state index in [9.17, 15) is 14.3 Å². The van der Waals surface area contributed by atoms with Crippen LogP contribution in [0.3, 0.4) is 0 Å². The van der Waals surface area contributed by atoms with Gasteiger partial charge in [0.25, 0.3) is 5.91 Å². The van der Waals surface area contributed by atoms with E-state index in [4.69, 9.17) is 11.6 Å². The van der Waals surface area contributed by atoms with Crippen molar-refractivity contribution in [1.29, 1.82) is 0 Å². The summed E-state index contributed by atoms with van der Waals surface area (Å²) in [4.78, 5) is 12.1. The fourth-order valence-corrected chi connectivity index (χ4v) is 2.89. The maximum Gasteiger partial charge on any atom is 0.273 e. The molecule has 23 heavy (non-hydrogen) atoms. The average molecular weight is 339 g/mol. The van der Waals surface area contributed by atoms with E-state index in [2.05, 4.69) is 15.6 Å². The van der Waals surface area contributed by atoms with Gasteiger partial charge < -0.3 is 10.4 Å². The molecule has 1 aliphatic rings. The molecule has 0 saturated heterocycles. The lowest BCUT2D eigenvalue weighted by molar-refractivity contribution is 0.0912. The van der Waals surface area contributed by atoms with Crippen LogP contribution in [-0.2, 0) is 0 Å². The van der Waals surface area contributed by atoms with Crippen LogP contribution in [0.25, 0.3) is 5.69 Å². The number of hydrogen-bond acceptors (Lipinski definition) is 4. The molecule has 1 amide bonds. The number of aliphatic hydroxyl groups excluding tert-OH is 1. The van der Waals surface area contributed by atoms with Gasteiger partial charge in [0.1, 0.15) is 5.69 Å². The highest BCUT2D eigenvalue weighted by atomic mass is 35.5. The van der Waals surface area contributed by atoms with Crippen molar-refractivity contribution in [2.75, 3.05) is 6.54 Å². The number of nitrogens with zero attached hydrogens (tertiary/aromatic N) is 3. The van der Waals surface area contributed by atoms with Gasteiger partial charge in [-0.25, -0.2) is 9.07 Å². The molecule has 122 valence electrons. The lowest BCUT2D eigenvalue weighted by Crippen LogP contribution is -2.32. The number of rotatable bonds is 4. The van der Waals surface area contributed by atoms with Crippen molar-refractivity contribution < 1.29 is 14.3 Å². The SMILES string of the molecule is O=C(NC[C@@H]1CCC[C@@H]1O)c1cn(-c2cccc(Cl)c2F)nn1. The van der Waals surface area contributed by atoms with Gasteiger partial charge in [0.05, 0.1) is 17.3 Å². The largest absolute Gasteiger partial charge is 0.393 e. The number of carbonyl (C=O) groups excluding carboxylic acids is 1. The molecule has 1 aliphatic carbocycles. The standard InChI is InChI=1S/C15H16ClFN4O2/c16-10-4-2-5-12(14(10)17)21-8-11(19-20-21)15(23)18-7-9-3-1-6-13(9)22/h2,4-5,8-9,13,22H,1,3,6-7H2,(H,18,23)/t9-,13-/m0/s1. The number of nitrogens with one attached hydrogen (secondary N) is 1. The Hall–Kier alpha value is -1.99. The molecule has 8 heteroatoms. The number of amides is 1. The summed E-state index contributed by atoms with van der Waals surface area (Å²) < 4.78 is 15.1. The second kappa shape index (κ2) is 6.64. The molecule has 0 bridgehead atoms. The molecular formula is C15H16ClFN4O2. The number of benzene rings is 1. The summed E-state index contributed by atoms with van der Waals surface area (Å²) in [5.41, 5.74) is 0.201. The smallest absolute Gasteiger partial charge is 0.273 e. The molecule has 0 unspecified atom stereocenters. The van der Waals surface area contributed by atoms with Crippen LogP contribution in [0.5, 0.6) is 0 Å². The minimum absolute atomic E-state index is 0.0285. The molecule has 0 aliphatic heterocycles. The summed E-state index contributed by atoms with van der Waals surface area (Å²) in [6.45, 7) is 0.387. The third kappa shape index (κ3) is 3.35. The minimum Gasteiger partial charge on any atom is -0.393 e. The van der Waals surface area contributed by atoms with Gasteiger partial charge in [-0.3, -0.25) is 4.79 Å². The molecule has 3 rings (SSSR count). The zero-order chi connectivity index (χ0) is 16.4. The Bertz CT molecular complexity index is 721. The van der Waals surface area contributed by atoms with Gasteiger partial charge in [-0.2, -0.15) is 0 Å². The predicted octanol–water partition coefficient (Wildman–Crippen LogP) is 1.95. The molecule has 1 aromatic heterocycles. The Kier molecular flexibility index (Phi) is 4.58. The fraction of sp³-hybridized carbons (Fsp3) is 0.400. The summed E-state index contributed by atoms with van der Waals surface area (Å²) >= 11 is 5.73. The quantitative estimate of drug-likeness (QED) is 0.893. The van der Waals surface area contributed by atoms with E-state index in [-0.39, 0.29) is 28.4 Å². The summed E-state index contributed by atoms with van der Waals surface area (Å²) in [5, 5.41) is 20.0. The summed E-state index contributed by atoms with van der Waals surface area (Å²) in [5.74, 6) is -0.961. The molecular weight excluding hydrogens is 323 g/mol. The maximum absolute atomic E-state index is 13.9. The van der Waals surface area contributed by atoms with E-state index in [1.54, 1.807) is 6.07 Å². The number of carbonyl (C=O) groups is 1. The van der Waals surface area contributed by atoms with Crippen LogP contribution < -0.4 is 5.32 Å². The normalized spacial score (nSPS) is 20.7. The maximum atomic E-state index is 13.9. The Morgan fingerprint density at radius 1 is 1.48 bits per heavy atom. The molecule has 1 heterocycles. The van der Waals surface area contributed by atoms with Crippen molar-refractivity contribution in [3.05, 3.63) is 40.9 Å². The third-order valence-electron chi connectivity index (χ3n) is 4.05. The molecule has 2 aromatic rings. The topological polar surface area (TPSA) is 80.0 Å². The fourth-order valence-electron chi connectivity index (χ4n) is 2.72. The Morgan fingerprint density at radius 3 is 3.04 bits per heavy atom. The van der Waals surface area contributed by atoms with Gasteiger partial charge >= 0.3 is 0 Å². The first-order chi connectivity index (χ1) is 11.1. The van der Waals surface area contributed by atoms with Crippen molar-refractivity contribution in [2.45, 2.75) is 25.4 Å².